The second-order valence-electron chi connectivity index (χ2n) is 5.13. The number of alkyl carbamates (subject to hydrolysis) is 1. The third kappa shape index (κ3) is 3.11. The van der Waals surface area contributed by atoms with Gasteiger partial charge in [-0.3, -0.25) is 4.98 Å². The Morgan fingerprint density at radius 3 is 3.14 bits per heavy atom. The zero-order chi connectivity index (χ0) is 15.4. The van der Waals surface area contributed by atoms with Crippen molar-refractivity contribution in [1.82, 2.24) is 14.9 Å². The fourth-order valence-corrected chi connectivity index (χ4v) is 3.82. The second-order valence-corrected chi connectivity index (χ2v) is 6.32. The minimum Gasteiger partial charge on any atom is -0.450 e. The summed E-state index contributed by atoms with van der Waals surface area (Å²) in [5, 5.41) is 2.96. The topological polar surface area (TPSA) is 56.1 Å². The van der Waals surface area contributed by atoms with Crippen molar-refractivity contribution in [3.63, 3.8) is 0 Å². The van der Waals surface area contributed by atoms with Gasteiger partial charge in [-0.15, -0.1) is 11.8 Å². The first-order valence-electron chi connectivity index (χ1n) is 7.45. The largest absolute Gasteiger partial charge is 0.450 e. The fraction of sp³-hybridized carbons (Fsp3) is 0.375. The van der Waals surface area contributed by atoms with E-state index in [2.05, 4.69) is 27.9 Å². The molecule has 3 heterocycles. The first-order valence-corrected chi connectivity index (χ1v) is 8.39. The predicted molar refractivity (Wildman–Crippen MR) is 86.5 cm³/mol. The average molecular weight is 317 g/mol. The van der Waals surface area contributed by atoms with Crippen molar-refractivity contribution < 1.29 is 9.53 Å². The Bertz CT molecular complexity index is 629. The van der Waals surface area contributed by atoms with Gasteiger partial charge in [-0.25, -0.2) is 4.79 Å². The first-order chi connectivity index (χ1) is 10.8. The number of pyridine rings is 1. The maximum atomic E-state index is 11.9. The summed E-state index contributed by atoms with van der Waals surface area (Å²) in [6, 6.07) is 8.01. The highest BCUT2D eigenvalue weighted by atomic mass is 32.2. The van der Waals surface area contributed by atoms with Crippen molar-refractivity contribution in [1.29, 1.82) is 0 Å². The van der Waals surface area contributed by atoms with Crippen LogP contribution in [0.15, 0.2) is 42.9 Å². The minimum atomic E-state index is -0.356. The van der Waals surface area contributed by atoms with Gasteiger partial charge in [0.1, 0.15) is 10.7 Å². The summed E-state index contributed by atoms with van der Waals surface area (Å²) in [6.45, 7) is 2.53. The smallest absolute Gasteiger partial charge is 0.408 e. The van der Waals surface area contributed by atoms with Gasteiger partial charge >= 0.3 is 6.09 Å². The van der Waals surface area contributed by atoms with Crippen molar-refractivity contribution in [2.45, 2.75) is 30.5 Å². The van der Waals surface area contributed by atoms with Gasteiger partial charge in [0.05, 0.1) is 12.3 Å². The van der Waals surface area contributed by atoms with E-state index in [1.54, 1.807) is 18.0 Å². The lowest BCUT2D eigenvalue weighted by Crippen LogP contribution is -2.26. The fourth-order valence-electron chi connectivity index (χ4n) is 2.43. The van der Waals surface area contributed by atoms with Gasteiger partial charge in [-0.1, -0.05) is 19.4 Å². The molecule has 1 aliphatic heterocycles. The van der Waals surface area contributed by atoms with Gasteiger partial charge in [0.25, 0.3) is 0 Å². The number of fused-ring (bicyclic) bond motifs is 1. The summed E-state index contributed by atoms with van der Waals surface area (Å²) < 4.78 is 7.36. The molecule has 2 aromatic heterocycles. The van der Waals surface area contributed by atoms with E-state index >= 15 is 0 Å². The third-order valence-electron chi connectivity index (χ3n) is 3.55. The van der Waals surface area contributed by atoms with Crippen molar-refractivity contribution in [2.24, 2.45) is 0 Å². The van der Waals surface area contributed by atoms with E-state index < -0.39 is 0 Å². The van der Waals surface area contributed by atoms with E-state index in [0.29, 0.717) is 6.61 Å². The summed E-state index contributed by atoms with van der Waals surface area (Å²) in [5.41, 5.74) is 2.19. The standard InChI is InChI=1S/C16H19N3O2S/c1-2-3-10-21-16(20)18-14-13-7-5-9-19(13)15(22-14)12-6-4-8-17-11-12/h4-9,11,14-15H,2-3,10H2,1H3,(H,18,20). The van der Waals surface area contributed by atoms with E-state index in [4.69, 9.17) is 4.74 Å². The second kappa shape index (κ2) is 6.87. The molecule has 0 radical (unpaired) electrons. The summed E-state index contributed by atoms with van der Waals surface area (Å²) in [4.78, 5) is 16.1. The average Bonchev–Trinajstić information content (AvgIpc) is 3.12. The van der Waals surface area contributed by atoms with E-state index in [1.807, 2.05) is 30.6 Å². The van der Waals surface area contributed by atoms with Crippen LogP contribution in [-0.4, -0.2) is 22.3 Å². The molecule has 0 saturated carbocycles. The van der Waals surface area contributed by atoms with Gasteiger partial charge < -0.3 is 14.6 Å². The molecule has 116 valence electrons. The molecular formula is C16H19N3O2S. The van der Waals surface area contributed by atoms with Gasteiger partial charge in [0, 0.05) is 24.2 Å². The van der Waals surface area contributed by atoms with E-state index in [1.165, 1.54) is 0 Å². The van der Waals surface area contributed by atoms with Crippen LogP contribution in [0.3, 0.4) is 0 Å². The van der Waals surface area contributed by atoms with Crippen molar-refractivity contribution in [3.05, 3.63) is 54.1 Å². The number of nitrogens with one attached hydrogen (secondary N) is 1. The zero-order valence-corrected chi connectivity index (χ0v) is 13.3. The summed E-state index contributed by atoms with van der Waals surface area (Å²) in [7, 11) is 0. The Morgan fingerprint density at radius 1 is 1.45 bits per heavy atom. The number of unbranched alkanes of at least 4 members (excludes halogenated alkanes) is 1. The lowest BCUT2D eigenvalue weighted by atomic mass is 10.3. The highest BCUT2D eigenvalue weighted by Gasteiger charge is 2.33. The van der Waals surface area contributed by atoms with Crippen LogP contribution < -0.4 is 5.32 Å². The van der Waals surface area contributed by atoms with Crippen molar-refractivity contribution in [2.75, 3.05) is 6.61 Å². The van der Waals surface area contributed by atoms with Crippen molar-refractivity contribution >= 4 is 17.9 Å². The Morgan fingerprint density at radius 2 is 2.36 bits per heavy atom. The molecule has 1 amide bonds. The number of rotatable bonds is 5. The van der Waals surface area contributed by atoms with Crippen LogP contribution >= 0.6 is 11.8 Å². The molecule has 1 N–H and O–H groups in total. The maximum Gasteiger partial charge on any atom is 0.408 e. The molecular weight excluding hydrogens is 298 g/mol. The number of carbonyl (C=O) groups is 1. The van der Waals surface area contributed by atoms with E-state index in [9.17, 15) is 4.79 Å². The van der Waals surface area contributed by atoms with Gasteiger partial charge in [0.15, 0.2) is 0 Å². The highest BCUT2D eigenvalue weighted by molar-refractivity contribution is 8.00. The van der Waals surface area contributed by atoms with Crippen LogP contribution in [-0.2, 0) is 4.74 Å². The van der Waals surface area contributed by atoms with Crippen LogP contribution in [0.1, 0.15) is 41.8 Å². The van der Waals surface area contributed by atoms with Gasteiger partial charge in [-0.05, 0) is 24.6 Å². The predicted octanol–water partition coefficient (Wildman–Crippen LogP) is 3.70. The van der Waals surface area contributed by atoms with Gasteiger partial charge in [-0.2, -0.15) is 0 Å². The molecule has 0 fully saturated rings. The van der Waals surface area contributed by atoms with Crippen LogP contribution in [0.25, 0.3) is 0 Å². The number of nitrogens with zero attached hydrogens (tertiary/aromatic N) is 2. The summed E-state index contributed by atoms with van der Waals surface area (Å²) in [5.74, 6) is 0. The first kappa shape index (κ1) is 15.0. The lowest BCUT2D eigenvalue weighted by molar-refractivity contribution is 0.143. The number of ether oxygens (including phenoxy) is 1. The summed E-state index contributed by atoms with van der Waals surface area (Å²) >= 11 is 1.68. The molecule has 0 spiro atoms. The Labute approximate surface area is 134 Å². The number of carbonyl (C=O) groups excluding carboxylic acids is 1. The molecule has 3 rings (SSSR count). The molecule has 6 heteroatoms. The molecule has 0 bridgehead atoms. The Balaban J connectivity index is 1.69. The van der Waals surface area contributed by atoms with Crippen molar-refractivity contribution in [3.8, 4) is 0 Å². The molecule has 22 heavy (non-hydrogen) atoms. The molecule has 0 aromatic carbocycles. The molecule has 0 saturated heterocycles. The van der Waals surface area contributed by atoms with Crippen LogP contribution in [0.4, 0.5) is 4.79 Å². The zero-order valence-electron chi connectivity index (χ0n) is 12.4. The highest BCUT2D eigenvalue weighted by Crippen LogP contribution is 2.47. The Kier molecular flexibility index (Phi) is 4.68. The lowest BCUT2D eigenvalue weighted by Gasteiger charge is -2.14. The van der Waals surface area contributed by atoms with Crippen LogP contribution in [0.5, 0.6) is 0 Å². The molecule has 0 aliphatic carbocycles. The number of aromatic nitrogens is 2. The van der Waals surface area contributed by atoms with Crippen LogP contribution in [0.2, 0.25) is 0 Å². The monoisotopic (exact) mass is 317 g/mol. The molecule has 1 aliphatic rings. The SMILES string of the molecule is CCCCOC(=O)NC1SC(c2cccnc2)n2cccc21. The number of amides is 1. The van der Waals surface area contributed by atoms with Gasteiger partial charge in [0.2, 0.25) is 0 Å². The quantitative estimate of drug-likeness (QED) is 0.854. The molecule has 5 nitrogen and oxygen atoms in total. The van der Waals surface area contributed by atoms with Crippen LogP contribution in [0, 0.1) is 0 Å². The maximum absolute atomic E-state index is 11.9. The number of hydrogen-bond acceptors (Lipinski definition) is 4. The number of thioether (sulfide) groups is 1. The van der Waals surface area contributed by atoms with E-state index in [0.717, 1.165) is 24.1 Å². The Hall–Kier alpha value is -1.95. The number of hydrogen-bond donors (Lipinski definition) is 1. The molecule has 2 atom stereocenters. The third-order valence-corrected chi connectivity index (χ3v) is 4.94. The molecule has 2 aromatic rings. The normalized spacial score (nSPS) is 19.7. The minimum absolute atomic E-state index is 0.102. The molecule has 2 unspecified atom stereocenters. The van der Waals surface area contributed by atoms with E-state index in [-0.39, 0.29) is 16.8 Å². The summed E-state index contributed by atoms with van der Waals surface area (Å²) in [6.07, 6.45) is 7.20.